The molecule has 7 nitrogen and oxygen atoms in total. The lowest BCUT2D eigenvalue weighted by atomic mass is 9.98. The second kappa shape index (κ2) is 12.1. The molecule has 2 amide bonds. The fourth-order valence-corrected chi connectivity index (χ4v) is 5.66. The maximum atomic E-state index is 13.7. The summed E-state index contributed by atoms with van der Waals surface area (Å²) in [5.74, 6) is -0.139. The number of hydrogen-bond acceptors (Lipinski definition) is 5. The van der Waals surface area contributed by atoms with Crippen LogP contribution in [-0.2, 0) is 9.59 Å². The molecule has 2 heterocycles. The summed E-state index contributed by atoms with van der Waals surface area (Å²) in [5.41, 5.74) is 4.78. The van der Waals surface area contributed by atoms with Gasteiger partial charge in [0.25, 0.3) is 5.91 Å². The van der Waals surface area contributed by atoms with Crippen LogP contribution in [0.3, 0.4) is 0 Å². The molecular weight excluding hydrogens is 547 g/mol. The molecular formula is C31H34Cl2N4O3. The first-order valence-corrected chi connectivity index (χ1v) is 14.3. The summed E-state index contributed by atoms with van der Waals surface area (Å²) in [6.45, 7) is 4.25. The lowest BCUT2D eigenvalue weighted by Gasteiger charge is -2.35. The van der Waals surface area contributed by atoms with Gasteiger partial charge in [0, 0.05) is 32.4 Å². The molecule has 3 aromatic carbocycles. The Hall–Kier alpha value is -3.26. The Morgan fingerprint density at radius 2 is 1.70 bits per heavy atom. The van der Waals surface area contributed by atoms with Crippen molar-refractivity contribution in [2.24, 2.45) is 0 Å². The highest BCUT2D eigenvalue weighted by Crippen LogP contribution is 2.39. The third kappa shape index (κ3) is 6.07. The molecule has 0 aliphatic carbocycles. The number of anilines is 2. The average Bonchev–Trinajstić information content (AvgIpc) is 3.46. The zero-order valence-corrected chi connectivity index (χ0v) is 24.5. The van der Waals surface area contributed by atoms with Gasteiger partial charge in [-0.15, -0.1) is 0 Å². The first kappa shape index (κ1) is 28.3. The number of nitrogens with zero attached hydrogens (tertiary/aromatic N) is 3. The molecule has 1 saturated heterocycles. The van der Waals surface area contributed by atoms with Gasteiger partial charge in [-0.2, -0.15) is 0 Å². The van der Waals surface area contributed by atoms with Crippen LogP contribution in [0.4, 0.5) is 11.4 Å². The molecule has 40 heavy (non-hydrogen) atoms. The van der Waals surface area contributed by atoms with Crippen LogP contribution in [0.5, 0.6) is 5.75 Å². The summed E-state index contributed by atoms with van der Waals surface area (Å²) in [6, 6.07) is 18.9. The van der Waals surface area contributed by atoms with E-state index in [0.29, 0.717) is 28.0 Å². The maximum absolute atomic E-state index is 13.7. The minimum Gasteiger partial charge on any atom is -0.482 e. The number of carbonyl (C=O) groups excluding carboxylic acids is 2. The van der Waals surface area contributed by atoms with Gasteiger partial charge in [-0.3, -0.25) is 14.5 Å². The van der Waals surface area contributed by atoms with Crippen molar-refractivity contribution in [3.05, 3.63) is 76.3 Å². The van der Waals surface area contributed by atoms with Gasteiger partial charge >= 0.3 is 0 Å². The van der Waals surface area contributed by atoms with E-state index in [2.05, 4.69) is 57.6 Å². The van der Waals surface area contributed by atoms with Crippen molar-refractivity contribution < 1.29 is 14.3 Å². The topological polar surface area (TPSA) is 65.1 Å². The number of halogens is 2. The molecule has 9 heteroatoms. The van der Waals surface area contributed by atoms with Gasteiger partial charge in [-0.05, 0) is 73.8 Å². The summed E-state index contributed by atoms with van der Waals surface area (Å²) in [6.07, 6.45) is 2.30. The van der Waals surface area contributed by atoms with E-state index in [4.69, 9.17) is 27.9 Å². The number of benzene rings is 3. The minimum atomic E-state index is -0.782. The van der Waals surface area contributed by atoms with Gasteiger partial charge < -0.3 is 19.9 Å². The molecule has 2 aliphatic rings. The third-order valence-electron chi connectivity index (χ3n) is 7.61. The van der Waals surface area contributed by atoms with Crippen LogP contribution in [0.25, 0.3) is 11.1 Å². The number of ether oxygens (including phenoxy) is 1. The molecule has 5 rings (SSSR count). The number of likely N-dealkylation sites (tertiary alicyclic amines) is 1. The van der Waals surface area contributed by atoms with Gasteiger partial charge in [0.2, 0.25) is 5.91 Å². The molecule has 0 bridgehead atoms. The third-order valence-corrected chi connectivity index (χ3v) is 8.33. The highest BCUT2D eigenvalue weighted by Gasteiger charge is 2.35. The number of carbonyl (C=O) groups is 2. The number of nitrogens with one attached hydrogen (secondary N) is 1. The van der Waals surface area contributed by atoms with Crippen molar-refractivity contribution in [2.75, 3.05) is 50.1 Å². The summed E-state index contributed by atoms with van der Waals surface area (Å²) in [7, 11) is 4.05. The standard InChI is InChI=1S/C31H34Cl2N4O3/c1-20(37-28-16-25(32)26(33)17-29(28)40-19-30(37)38)31(39)34-27(18-36-13-4-5-14-36)23-8-6-7-22(15-23)21-9-11-24(12-10-21)35(2)3/h6-12,15-17,20,27H,4-5,13-14,18-19H2,1-3H3,(H,34,39). The van der Waals surface area contributed by atoms with Gasteiger partial charge in [0.1, 0.15) is 11.8 Å². The van der Waals surface area contributed by atoms with Crippen molar-refractivity contribution in [1.29, 1.82) is 0 Å². The van der Waals surface area contributed by atoms with Crippen molar-refractivity contribution >= 4 is 46.4 Å². The van der Waals surface area contributed by atoms with Crippen LogP contribution in [0.1, 0.15) is 31.4 Å². The zero-order chi connectivity index (χ0) is 28.4. The van der Waals surface area contributed by atoms with Gasteiger partial charge in [-0.1, -0.05) is 53.5 Å². The summed E-state index contributed by atoms with van der Waals surface area (Å²) in [5, 5.41) is 3.87. The molecule has 3 aromatic rings. The molecule has 0 aromatic heterocycles. The van der Waals surface area contributed by atoms with Crippen molar-refractivity contribution in [2.45, 2.75) is 31.8 Å². The summed E-state index contributed by atoms with van der Waals surface area (Å²) < 4.78 is 5.57. The molecule has 2 atom stereocenters. The van der Waals surface area contributed by atoms with Crippen molar-refractivity contribution in [1.82, 2.24) is 10.2 Å². The van der Waals surface area contributed by atoms with Crippen molar-refractivity contribution in [3.63, 3.8) is 0 Å². The fourth-order valence-electron chi connectivity index (χ4n) is 5.34. The van der Waals surface area contributed by atoms with Crippen LogP contribution < -0.4 is 19.9 Å². The summed E-state index contributed by atoms with van der Waals surface area (Å²) in [4.78, 5) is 32.6. The zero-order valence-electron chi connectivity index (χ0n) is 23.0. The van der Waals surface area contributed by atoms with Crippen LogP contribution in [0, 0.1) is 0 Å². The lowest BCUT2D eigenvalue weighted by molar-refractivity contribution is -0.128. The monoisotopic (exact) mass is 580 g/mol. The van der Waals surface area contributed by atoms with Gasteiger partial charge in [0.05, 0.1) is 21.8 Å². The van der Waals surface area contributed by atoms with E-state index < -0.39 is 6.04 Å². The minimum absolute atomic E-state index is 0.172. The van der Waals surface area contributed by atoms with E-state index in [1.54, 1.807) is 19.1 Å². The first-order valence-electron chi connectivity index (χ1n) is 13.6. The maximum Gasteiger partial charge on any atom is 0.265 e. The largest absolute Gasteiger partial charge is 0.482 e. The Morgan fingerprint density at radius 1 is 1.00 bits per heavy atom. The lowest BCUT2D eigenvalue weighted by Crippen LogP contribution is -2.52. The number of fused-ring (bicyclic) bond motifs is 1. The molecule has 0 spiro atoms. The van der Waals surface area contributed by atoms with E-state index in [9.17, 15) is 9.59 Å². The predicted octanol–water partition coefficient (Wildman–Crippen LogP) is 5.79. The normalized spacial score (nSPS) is 16.7. The fraction of sp³-hybridized carbons (Fsp3) is 0.355. The molecule has 2 aliphatic heterocycles. The average molecular weight is 582 g/mol. The van der Waals surface area contributed by atoms with E-state index in [1.165, 1.54) is 4.90 Å². The quantitative estimate of drug-likeness (QED) is 0.365. The van der Waals surface area contributed by atoms with E-state index in [1.807, 2.05) is 20.2 Å². The smallest absolute Gasteiger partial charge is 0.265 e. The Bertz CT molecular complexity index is 1390. The SMILES string of the molecule is CC(C(=O)NC(CN1CCCC1)c1cccc(-c2ccc(N(C)C)cc2)c1)N1C(=O)COc2cc(Cl)c(Cl)cc21. The first-order chi connectivity index (χ1) is 19.2. The highest BCUT2D eigenvalue weighted by atomic mass is 35.5. The molecule has 0 radical (unpaired) electrons. The summed E-state index contributed by atoms with van der Waals surface area (Å²) >= 11 is 12.4. The Balaban J connectivity index is 1.41. The molecule has 210 valence electrons. The number of amides is 2. The number of rotatable bonds is 8. The van der Waals surface area contributed by atoms with Gasteiger partial charge in [-0.25, -0.2) is 0 Å². The van der Waals surface area contributed by atoms with E-state index >= 15 is 0 Å². The highest BCUT2D eigenvalue weighted by molar-refractivity contribution is 6.42. The van der Waals surface area contributed by atoms with Gasteiger partial charge in [0.15, 0.2) is 6.61 Å². The predicted molar refractivity (Wildman–Crippen MR) is 162 cm³/mol. The Labute approximate surface area is 245 Å². The Morgan fingerprint density at radius 3 is 2.40 bits per heavy atom. The number of hydrogen-bond donors (Lipinski definition) is 1. The van der Waals surface area contributed by atoms with E-state index in [0.717, 1.165) is 48.3 Å². The molecule has 0 saturated carbocycles. The van der Waals surface area contributed by atoms with E-state index in [-0.39, 0.29) is 24.5 Å². The van der Waals surface area contributed by atoms with Crippen LogP contribution >= 0.6 is 23.2 Å². The molecule has 1 fully saturated rings. The molecule has 2 unspecified atom stereocenters. The van der Waals surface area contributed by atoms with Crippen LogP contribution in [0.15, 0.2) is 60.7 Å². The Kier molecular flexibility index (Phi) is 8.54. The second-order valence-electron chi connectivity index (χ2n) is 10.6. The van der Waals surface area contributed by atoms with Crippen LogP contribution in [0.2, 0.25) is 10.0 Å². The molecule has 1 N–H and O–H groups in total. The second-order valence-corrected chi connectivity index (χ2v) is 11.4. The van der Waals surface area contributed by atoms with Crippen LogP contribution in [-0.4, -0.2) is 63.1 Å². The van der Waals surface area contributed by atoms with Crippen molar-refractivity contribution in [3.8, 4) is 16.9 Å².